The predicted octanol–water partition coefficient (Wildman–Crippen LogP) is 5.65. The van der Waals surface area contributed by atoms with Crippen molar-refractivity contribution in [1.82, 2.24) is 4.98 Å². The number of aromatic nitrogens is 1. The minimum atomic E-state index is 0.423. The molecule has 3 nitrogen and oxygen atoms in total. The van der Waals surface area contributed by atoms with Gasteiger partial charge in [0.2, 0.25) is 0 Å². The van der Waals surface area contributed by atoms with Gasteiger partial charge >= 0.3 is 0 Å². The Morgan fingerprint density at radius 2 is 1.68 bits per heavy atom. The Bertz CT molecular complexity index is 597. The SMILES string of the molecule is [C-]#[N+]c1ccc(-c2ccc(OCCCCCCC)cc2)cn1. The molecular formula is C19H22N2O. The summed E-state index contributed by atoms with van der Waals surface area (Å²) in [6, 6.07) is 11.7. The van der Waals surface area contributed by atoms with Crippen molar-refractivity contribution in [3.05, 3.63) is 54.0 Å². The van der Waals surface area contributed by atoms with E-state index >= 15 is 0 Å². The highest BCUT2D eigenvalue weighted by Gasteiger charge is 2.01. The van der Waals surface area contributed by atoms with Crippen LogP contribution in [0.4, 0.5) is 5.82 Å². The lowest BCUT2D eigenvalue weighted by Gasteiger charge is -2.07. The molecule has 0 saturated heterocycles. The highest BCUT2D eigenvalue weighted by atomic mass is 16.5. The van der Waals surface area contributed by atoms with Crippen LogP contribution in [-0.4, -0.2) is 11.6 Å². The number of benzene rings is 1. The summed E-state index contributed by atoms with van der Waals surface area (Å²) in [5, 5.41) is 0. The molecule has 0 N–H and O–H groups in total. The lowest BCUT2D eigenvalue weighted by atomic mass is 10.1. The first kappa shape index (κ1) is 16.0. The van der Waals surface area contributed by atoms with Crippen LogP contribution in [0.1, 0.15) is 39.0 Å². The molecule has 0 fully saturated rings. The standard InChI is InChI=1S/C19H22N2O/c1-3-4-5-6-7-14-22-18-11-8-16(9-12-18)17-10-13-19(20-2)21-15-17/h8-13,15H,3-7,14H2,1H3. The molecule has 0 bridgehead atoms. The van der Waals surface area contributed by atoms with Gasteiger partial charge in [0, 0.05) is 5.56 Å². The fourth-order valence-electron chi connectivity index (χ4n) is 2.26. The molecule has 0 unspecified atom stereocenters. The summed E-state index contributed by atoms with van der Waals surface area (Å²) in [5.41, 5.74) is 2.10. The lowest BCUT2D eigenvalue weighted by Crippen LogP contribution is -1.97. The van der Waals surface area contributed by atoms with Crippen molar-refractivity contribution in [2.45, 2.75) is 39.0 Å². The molecule has 1 aromatic heterocycles. The fourth-order valence-corrected chi connectivity index (χ4v) is 2.26. The Morgan fingerprint density at radius 1 is 0.955 bits per heavy atom. The number of hydrogen-bond donors (Lipinski definition) is 0. The van der Waals surface area contributed by atoms with Crippen LogP contribution >= 0.6 is 0 Å². The average Bonchev–Trinajstić information content (AvgIpc) is 2.59. The van der Waals surface area contributed by atoms with Gasteiger partial charge in [-0.1, -0.05) is 57.4 Å². The van der Waals surface area contributed by atoms with Crippen molar-refractivity contribution in [2.75, 3.05) is 6.61 Å². The van der Waals surface area contributed by atoms with Gasteiger partial charge in [-0.3, -0.25) is 0 Å². The minimum Gasteiger partial charge on any atom is -0.494 e. The molecule has 0 aliphatic rings. The maximum atomic E-state index is 6.91. The van der Waals surface area contributed by atoms with Gasteiger partial charge in [0.15, 0.2) is 0 Å². The monoisotopic (exact) mass is 294 g/mol. The molecule has 2 rings (SSSR count). The molecule has 0 spiro atoms. The highest BCUT2D eigenvalue weighted by Crippen LogP contribution is 2.23. The smallest absolute Gasteiger partial charge is 0.269 e. The second kappa shape index (κ2) is 8.84. The van der Waals surface area contributed by atoms with Crippen LogP contribution in [0.15, 0.2) is 42.6 Å². The Hall–Kier alpha value is -2.34. The number of unbranched alkanes of at least 4 members (excludes halogenated alkanes) is 4. The van der Waals surface area contributed by atoms with Gasteiger partial charge in [0.05, 0.1) is 6.61 Å². The van der Waals surface area contributed by atoms with E-state index in [1.54, 1.807) is 12.3 Å². The minimum absolute atomic E-state index is 0.423. The van der Waals surface area contributed by atoms with Crippen LogP contribution in [0.5, 0.6) is 5.75 Å². The largest absolute Gasteiger partial charge is 0.494 e. The van der Waals surface area contributed by atoms with Gasteiger partial charge in [0.1, 0.15) is 11.9 Å². The van der Waals surface area contributed by atoms with E-state index < -0.39 is 0 Å². The second-order valence-corrected chi connectivity index (χ2v) is 5.30. The molecule has 114 valence electrons. The number of hydrogen-bond acceptors (Lipinski definition) is 2. The van der Waals surface area contributed by atoms with Crippen LogP contribution in [-0.2, 0) is 0 Å². The second-order valence-electron chi connectivity index (χ2n) is 5.30. The molecule has 0 saturated carbocycles. The first-order valence-electron chi connectivity index (χ1n) is 7.90. The zero-order valence-electron chi connectivity index (χ0n) is 13.1. The highest BCUT2D eigenvalue weighted by molar-refractivity contribution is 5.64. The van der Waals surface area contributed by atoms with Gasteiger partial charge in [-0.25, -0.2) is 0 Å². The summed E-state index contributed by atoms with van der Waals surface area (Å²) in [4.78, 5) is 7.39. The van der Waals surface area contributed by atoms with Gasteiger partial charge in [-0.2, -0.15) is 0 Å². The fraction of sp³-hybridized carbons (Fsp3) is 0.368. The molecule has 3 heteroatoms. The van der Waals surface area contributed by atoms with E-state index in [0.717, 1.165) is 29.9 Å². The molecule has 1 aromatic carbocycles. The van der Waals surface area contributed by atoms with E-state index in [1.165, 1.54) is 25.7 Å². The molecule has 0 aliphatic heterocycles. The summed E-state index contributed by atoms with van der Waals surface area (Å²) in [6.45, 7) is 9.92. The zero-order valence-corrected chi connectivity index (χ0v) is 13.1. The maximum Gasteiger partial charge on any atom is 0.269 e. The van der Waals surface area contributed by atoms with Crippen molar-refractivity contribution in [2.24, 2.45) is 0 Å². The van der Waals surface area contributed by atoms with Gasteiger partial charge in [0.25, 0.3) is 5.82 Å². The molecule has 22 heavy (non-hydrogen) atoms. The Balaban J connectivity index is 1.83. The molecule has 2 aromatic rings. The van der Waals surface area contributed by atoms with Crippen molar-refractivity contribution in [3.63, 3.8) is 0 Å². The summed E-state index contributed by atoms with van der Waals surface area (Å²) in [6.07, 6.45) is 7.97. The number of rotatable bonds is 8. The molecule has 0 atom stereocenters. The van der Waals surface area contributed by atoms with Gasteiger partial charge in [-0.05, 0) is 30.2 Å². The van der Waals surface area contributed by atoms with Gasteiger partial charge < -0.3 is 9.58 Å². The van der Waals surface area contributed by atoms with E-state index in [0.29, 0.717) is 5.82 Å². The van der Waals surface area contributed by atoms with Crippen molar-refractivity contribution in [1.29, 1.82) is 0 Å². The Labute approximate surface area is 132 Å². The van der Waals surface area contributed by atoms with Crippen molar-refractivity contribution >= 4 is 5.82 Å². The topological polar surface area (TPSA) is 26.5 Å². The summed E-state index contributed by atoms with van der Waals surface area (Å²) in [7, 11) is 0. The first-order chi connectivity index (χ1) is 10.8. The lowest BCUT2D eigenvalue weighted by molar-refractivity contribution is 0.304. The molecular weight excluding hydrogens is 272 g/mol. The molecule has 0 aliphatic carbocycles. The Morgan fingerprint density at radius 3 is 2.32 bits per heavy atom. The normalized spacial score (nSPS) is 10.2. The average molecular weight is 294 g/mol. The maximum absolute atomic E-state index is 6.91. The predicted molar refractivity (Wildman–Crippen MR) is 90.2 cm³/mol. The number of pyridine rings is 1. The summed E-state index contributed by atoms with van der Waals surface area (Å²) < 4.78 is 5.76. The summed E-state index contributed by atoms with van der Waals surface area (Å²) >= 11 is 0. The third-order valence-corrected chi connectivity index (χ3v) is 3.57. The van der Waals surface area contributed by atoms with Crippen LogP contribution in [0, 0.1) is 6.57 Å². The van der Waals surface area contributed by atoms with E-state index in [4.69, 9.17) is 11.3 Å². The van der Waals surface area contributed by atoms with Crippen LogP contribution < -0.4 is 4.74 Å². The summed E-state index contributed by atoms with van der Waals surface area (Å²) in [5.74, 6) is 1.33. The molecule has 0 amide bonds. The van der Waals surface area contributed by atoms with Crippen LogP contribution in [0.3, 0.4) is 0 Å². The number of ether oxygens (including phenoxy) is 1. The quantitative estimate of drug-likeness (QED) is 0.464. The number of nitrogens with zero attached hydrogens (tertiary/aromatic N) is 2. The van der Waals surface area contributed by atoms with E-state index in [2.05, 4.69) is 16.8 Å². The van der Waals surface area contributed by atoms with Crippen LogP contribution in [0.25, 0.3) is 16.0 Å². The molecule has 1 heterocycles. The van der Waals surface area contributed by atoms with Crippen molar-refractivity contribution in [3.8, 4) is 16.9 Å². The van der Waals surface area contributed by atoms with Crippen molar-refractivity contribution < 1.29 is 4.74 Å². The first-order valence-corrected chi connectivity index (χ1v) is 7.90. The van der Waals surface area contributed by atoms with E-state index in [-0.39, 0.29) is 0 Å². The molecule has 0 radical (unpaired) electrons. The van der Waals surface area contributed by atoms with Crippen LogP contribution in [0.2, 0.25) is 0 Å². The Kier molecular flexibility index (Phi) is 6.44. The van der Waals surface area contributed by atoms with E-state index in [1.807, 2.05) is 30.3 Å². The third kappa shape index (κ3) is 4.89. The zero-order chi connectivity index (χ0) is 15.6. The van der Waals surface area contributed by atoms with E-state index in [9.17, 15) is 0 Å². The third-order valence-electron chi connectivity index (χ3n) is 3.57. The van der Waals surface area contributed by atoms with Gasteiger partial charge in [-0.15, -0.1) is 4.98 Å².